The van der Waals surface area contributed by atoms with Crippen LogP contribution >= 0.6 is 0 Å². The predicted molar refractivity (Wildman–Crippen MR) is 122 cm³/mol. The molecular weight excluding hydrogens is 408 g/mol. The van der Waals surface area contributed by atoms with E-state index in [4.69, 9.17) is 14.0 Å². The number of aliphatic carboxylic acids is 1. The number of aromatic nitrogens is 1. The summed E-state index contributed by atoms with van der Waals surface area (Å²) in [7, 11) is 0. The highest BCUT2D eigenvalue weighted by molar-refractivity contribution is 5.98. The molecule has 1 atom stereocenters. The summed E-state index contributed by atoms with van der Waals surface area (Å²) in [5.74, 6) is 0.809. The van der Waals surface area contributed by atoms with Gasteiger partial charge >= 0.3 is 5.97 Å². The van der Waals surface area contributed by atoms with Crippen LogP contribution in [0.1, 0.15) is 48.4 Å². The van der Waals surface area contributed by atoms with Crippen molar-refractivity contribution in [2.45, 2.75) is 53.8 Å². The first-order valence-electron chi connectivity index (χ1n) is 10.5. The van der Waals surface area contributed by atoms with Gasteiger partial charge in [-0.15, -0.1) is 0 Å². The van der Waals surface area contributed by atoms with Gasteiger partial charge in [-0.05, 0) is 75.6 Å². The smallest absolute Gasteiger partial charge is 0.344 e. The van der Waals surface area contributed by atoms with Crippen LogP contribution in [0.15, 0.2) is 52.0 Å². The third-order valence-corrected chi connectivity index (χ3v) is 5.10. The summed E-state index contributed by atoms with van der Waals surface area (Å²) in [4.78, 5) is 21.3. The van der Waals surface area contributed by atoms with E-state index in [1.165, 1.54) is 5.56 Å². The number of rotatable bonds is 9. The lowest BCUT2D eigenvalue weighted by Crippen LogP contribution is -2.26. The summed E-state index contributed by atoms with van der Waals surface area (Å²) >= 11 is 0. The Morgan fingerprint density at radius 2 is 1.88 bits per heavy atom. The van der Waals surface area contributed by atoms with Gasteiger partial charge < -0.3 is 19.1 Å². The highest BCUT2D eigenvalue weighted by Crippen LogP contribution is 2.24. The number of hydrogen-bond donors (Lipinski definition) is 1. The Labute approximate surface area is 187 Å². The molecule has 32 heavy (non-hydrogen) atoms. The molecule has 0 saturated carbocycles. The quantitative estimate of drug-likeness (QED) is 0.354. The highest BCUT2D eigenvalue weighted by Gasteiger charge is 2.18. The number of carboxylic acids is 1. The molecule has 0 spiro atoms. The molecule has 1 aromatic heterocycles. The van der Waals surface area contributed by atoms with E-state index in [1.54, 1.807) is 13.0 Å². The molecule has 3 rings (SSSR count). The average molecular weight is 437 g/mol. The maximum atomic E-state index is 11.2. The zero-order valence-corrected chi connectivity index (χ0v) is 19.0. The maximum Gasteiger partial charge on any atom is 0.344 e. The van der Waals surface area contributed by atoms with E-state index < -0.39 is 12.1 Å². The zero-order valence-electron chi connectivity index (χ0n) is 19.0. The summed E-state index contributed by atoms with van der Waals surface area (Å²) < 4.78 is 11.4. The molecule has 168 valence electrons. The van der Waals surface area contributed by atoms with Crippen molar-refractivity contribution in [1.29, 1.82) is 0 Å². The predicted octanol–water partition coefficient (Wildman–Crippen LogP) is 5.45. The second kappa shape index (κ2) is 10.1. The van der Waals surface area contributed by atoms with Gasteiger partial charge in [-0.3, -0.25) is 0 Å². The number of oxazole rings is 1. The van der Waals surface area contributed by atoms with Gasteiger partial charge in [0.15, 0.2) is 12.7 Å². The van der Waals surface area contributed by atoms with Gasteiger partial charge in [-0.2, -0.15) is 0 Å². The van der Waals surface area contributed by atoms with Gasteiger partial charge in [-0.25, -0.2) is 9.78 Å². The molecule has 0 bridgehead atoms. The van der Waals surface area contributed by atoms with Crippen LogP contribution in [0.2, 0.25) is 0 Å². The Morgan fingerprint density at radius 1 is 1.16 bits per heavy atom. The molecule has 7 heteroatoms. The first kappa shape index (κ1) is 23.1. The zero-order chi connectivity index (χ0) is 23.3. The molecule has 1 unspecified atom stereocenters. The third kappa shape index (κ3) is 5.55. The first-order valence-corrected chi connectivity index (χ1v) is 10.5. The summed E-state index contributed by atoms with van der Waals surface area (Å²) in [6.07, 6.45) is -0.481. The van der Waals surface area contributed by atoms with Crippen molar-refractivity contribution in [2.24, 2.45) is 5.16 Å². The minimum atomic E-state index is -0.976. The second-order valence-electron chi connectivity index (χ2n) is 7.67. The summed E-state index contributed by atoms with van der Waals surface area (Å²) in [6, 6.07) is 13.5. The molecule has 0 saturated heterocycles. The van der Waals surface area contributed by atoms with Gasteiger partial charge in [0.2, 0.25) is 5.89 Å². The highest BCUT2D eigenvalue weighted by atomic mass is 16.6. The number of nitrogens with zero attached hydrogens (tertiary/aromatic N) is 2. The first-order chi connectivity index (χ1) is 15.3. The standard InChI is InChI=1S/C25H28N2O5/c1-6-22(25(28)29)32-23-12-11-20(13-16(23)3)17(4)27-30-14-21-18(5)31-24(26-21)19-9-7-15(2)8-10-19/h7-13,22H,6,14H2,1-5H3,(H,28,29)/b27-17-. The lowest BCUT2D eigenvalue weighted by atomic mass is 10.1. The molecule has 0 amide bonds. The van der Waals surface area contributed by atoms with Crippen molar-refractivity contribution < 1.29 is 23.9 Å². The molecule has 3 aromatic rings. The van der Waals surface area contributed by atoms with Gasteiger partial charge in [0.1, 0.15) is 17.2 Å². The normalized spacial score (nSPS) is 12.5. The summed E-state index contributed by atoms with van der Waals surface area (Å²) in [5, 5.41) is 13.4. The van der Waals surface area contributed by atoms with Crippen LogP contribution in [0.5, 0.6) is 5.75 Å². The Balaban J connectivity index is 1.65. The van der Waals surface area contributed by atoms with E-state index in [1.807, 2.05) is 64.1 Å². The van der Waals surface area contributed by atoms with Crippen molar-refractivity contribution in [3.05, 3.63) is 70.6 Å². The van der Waals surface area contributed by atoms with Crippen molar-refractivity contribution >= 4 is 11.7 Å². The lowest BCUT2D eigenvalue weighted by molar-refractivity contribution is -0.145. The number of aryl methyl sites for hydroxylation is 3. The van der Waals surface area contributed by atoms with Gasteiger partial charge in [0, 0.05) is 5.56 Å². The van der Waals surface area contributed by atoms with Crippen LogP contribution in [0.25, 0.3) is 11.5 Å². The largest absolute Gasteiger partial charge is 0.479 e. The van der Waals surface area contributed by atoms with E-state index in [0.717, 1.165) is 16.7 Å². The van der Waals surface area contributed by atoms with Crippen LogP contribution in [0.4, 0.5) is 0 Å². The molecular formula is C25H28N2O5. The second-order valence-corrected chi connectivity index (χ2v) is 7.67. The topological polar surface area (TPSA) is 94.2 Å². The Hall–Kier alpha value is -3.61. The van der Waals surface area contributed by atoms with Crippen LogP contribution in [0.3, 0.4) is 0 Å². The van der Waals surface area contributed by atoms with E-state index in [0.29, 0.717) is 35.2 Å². The molecule has 1 heterocycles. The number of carboxylic acid groups (broad SMARTS) is 1. The Morgan fingerprint density at radius 3 is 2.50 bits per heavy atom. The molecule has 0 aliphatic rings. The van der Waals surface area contributed by atoms with E-state index in [-0.39, 0.29) is 6.61 Å². The molecule has 0 radical (unpaired) electrons. The van der Waals surface area contributed by atoms with Gasteiger partial charge in [-0.1, -0.05) is 29.8 Å². The summed E-state index contributed by atoms with van der Waals surface area (Å²) in [5.41, 5.74) is 5.14. The van der Waals surface area contributed by atoms with Crippen molar-refractivity contribution in [3.8, 4) is 17.2 Å². The Bertz CT molecular complexity index is 1120. The Kier molecular flexibility index (Phi) is 7.30. The van der Waals surface area contributed by atoms with Gasteiger partial charge in [0.05, 0.1) is 5.71 Å². The van der Waals surface area contributed by atoms with Crippen molar-refractivity contribution in [3.63, 3.8) is 0 Å². The molecule has 7 nitrogen and oxygen atoms in total. The van der Waals surface area contributed by atoms with Crippen molar-refractivity contribution in [1.82, 2.24) is 4.98 Å². The van der Waals surface area contributed by atoms with Crippen LogP contribution in [-0.2, 0) is 16.2 Å². The van der Waals surface area contributed by atoms with Crippen molar-refractivity contribution in [2.75, 3.05) is 0 Å². The number of carbonyl (C=O) groups is 1. The SMILES string of the molecule is CCC(Oc1ccc(/C(C)=N\OCc2nc(-c3ccc(C)cc3)oc2C)cc1C)C(=O)O. The summed E-state index contributed by atoms with van der Waals surface area (Å²) in [6.45, 7) is 9.56. The fraction of sp³-hybridized carbons (Fsp3) is 0.320. The fourth-order valence-electron chi connectivity index (χ4n) is 3.09. The number of ether oxygens (including phenoxy) is 1. The molecule has 1 N–H and O–H groups in total. The molecule has 0 fully saturated rings. The van der Waals surface area contributed by atoms with E-state index in [9.17, 15) is 9.90 Å². The number of hydrogen-bond acceptors (Lipinski definition) is 6. The molecule has 0 aliphatic heterocycles. The van der Waals surface area contributed by atoms with Crippen LogP contribution in [0, 0.1) is 20.8 Å². The minimum Gasteiger partial charge on any atom is -0.479 e. The minimum absolute atomic E-state index is 0.190. The number of oxime groups is 1. The molecule has 2 aromatic carbocycles. The third-order valence-electron chi connectivity index (χ3n) is 5.10. The van der Waals surface area contributed by atoms with Crippen LogP contribution in [-0.4, -0.2) is 27.9 Å². The van der Waals surface area contributed by atoms with E-state index in [2.05, 4.69) is 10.1 Å². The fourth-order valence-corrected chi connectivity index (χ4v) is 3.09. The molecule has 0 aliphatic carbocycles. The van der Waals surface area contributed by atoms with E-state index >= 15 is 0 Å². The maximum absolute atomic E-state index is 11.2. The average Bonchev–Trinajstić information content (AvgIpc) is 3.13. The monoisotopic (exact) mass is 436 g/mol. The lowest BCUT2D eigenvalue weighted by Gasteiger charge is -2.15. The van der Waals surface area contributed by atoms with Crippen LogP contribution < -0.4 is 4.74 Å². The van der Waals surface area contributed by atoms with Gasteiger partial charge in [0.25, 0.3) is 0 Å². The number of benzene rings is 2.